The second-order valence-electron chi connectivity index (χ2n) is 10.8. The third kappa shape index (κ3) is 6.66. The molecule has 2 heterocycles. The molecule has 8 nitrogen and oxygen atoms in total. The van der Waals surface area contributed by atoms with Gasteiger partial charge in [-0.05, 0) is 87.4 Å². The Kier molecular flexibility index (Phi) is 8.81. The van der Waals surface area contributed by atoms with Crippen molar-refractivity contribution in [3.63, 3.8) is 0 Å². The van der Waals surface area contributed by atoms with Crippen molar-refractivity contribution in [1.82, 2.24) is 15.3 Å². The fraction of sp³-hybridized carbons (Fsp3) is 0.533. The van der Waals surface area contributed by atoms with E-state index < -0.39 is 6.10 Å². The van der Waals surface area contributed by atoms with E-state index in [0.29, 0.717) is 25.2 Å². The van der Waals surface area contributed by atoms with Crippen LogP contribution in [0.4, 0.5) is 11.8 Å². The van der Waals surface area contributed by atoms with Crippen LogP contribution in [-0.2, 0) is 0 Å². The van der Waals surface area contributed by atoms with E-state index in [4.69, 9.17) is 19.4 Å². The van der Waals surface area contributed by atoms with Gasteiger partial charge in [0.15, 0.2) is 11.5 Å². The molecule has 3 N–H and O–H groups in total. The van der Waals surface area contributed by atoms with Crippen molar-refractivity contribution in [3.8, 4) is 11.5 Å². The highest BCUT2D eigenvalue weighted by molar-refractivity contribution is 5.90. The summed E-state index contributed by atoms with van der Waals surface area (Å²) in [6, 6.07) is 14.4. The fourth-order valence-electron chi connectivity index (χ4n) is 5.44. The molecule has 0 radical (unpaired) electrons. The number of aromatic nitrogens is 2. The zero-order valence-corrected chi connectivity index (χ0v) is 22.7. The maximum atomic E-state index is 10.7. The summed E-state index contributed by atoms with van der Waals surface area (Å²) in [4.78, 5) is 11.6. The minimum absolute atomic E-state index is 0.410. The van der Waals surface area contributed by atoms with Crippen LogP contribution >= 0.6 is 0 Å². The van der Waals surface area contributed by atoms with E-state index in [1.165, 1.54) is 12.8 Å². The Morgan fingerprint density at radius 3 is 2.61 bits per heavy atom. The van der Waals surface area contributed by atoms with Crippen LogP contribution in [-0.4, -0.2) is 61.5 Å². The molecule has 2 aromatic carbocycles. The first-order valence-electron chi connectivity index (χ1n) is 14.1. The van der Waals surface area contributed by atoms with Gasteiger partial charge in [-0.15, -0.1) is 0 Å². The molecule has 1 aliphatic heterocycles. The topological polar surface area (TPSA) is 91.8 Å². The molecule has 0 spiro atoms. The number of hydrogen-bond donors (Lipinski definition) is 3. The Labute approximate surface area is 225 Å². The number of ether oxygens (including phenoxy) is 2. The van der Waals surface area contributed by atoms with E-state index in [-0.39, 0.29) is 0 Å². The van der Waals surface area contributed by atoms with E-state index in [2.05, 4.69) is 16.7 Å². The van der Waals surface area contributed by atoms with Crippen molar-refractivity contribution >= 4 is 22.7 Å². The Balaban J connectivity index is 1.02. The van der Waals surface area contributed by atoms with Crippen LogP contribution in [0.3, 0.4) is 0 Å². The van der Waals surface area contributed by atoms with Gasteiger partial charge in [-0.25, -0.2) is 4.98 Å². The van der Waals surface area contributed by atoms with Gasteiger partial charge >= 0.3 is 0 Å². The number of benzene rings is 2. The molecular weight excluding hydrogens is 478 g/mol. The standard InChI is InChI=1S/C30H41N5O3/c1-35(2)29-24-7-3-4-8-25(24)33-30(34-29)32-23-13-10-21(11-14-23)20-31-16-5-9-26(36)22-12-15-27-28(19-22)38-18-6-17-37-27/h3-4,7-8,12,15,19,21,23,26,31,36H,5-6,9-11,13-14,16-18,20H2,1-2H3,(H,32,33,34)/t21-,23+,26?. The molecule has 1 aliphatic carbocycles. The normalized spacial score (nSPS) is 20.1. The van der Waals surface area contributed by atoms with Gasteiger partial charge in [0.05, 0.1) is 24.8 Å². The Morgan fingerprint density at radius 2 is 1.79 bits per heavy atom. The lowest BCUT2D eigenvalue weighted by atomic mass is 9.86. The lowest BCUT2D eigenvalue weighted by molar-refractivity contribution is 0.163. The number of aliphatic hydroxyl groups is 1. The predicted molar refractivity (Wildman–Crippen MR) is 152 cm³/mol. The number of nitrogens with one attached hydrogen (secondary N) is 2. The lowest BCUT2D eigenvalue weighted by Crippen LogP contribution is -2.32. The molecule has 1 unspecified atom stereocenters. The molecule has 5 rings (SSSR count). The van der Waals surface area contributed by atoms with Crippen molar-refractivity contribution in [2.75, 3.05) is 50.6 Å². The monoisotopic (exact) mass is 519 g/mol. The molecule has 0 saturated heterocycles. The van der Waals surface area contributed by atoms with Crippen LogP contribution in [0.1, 0.15) is 56.6 Å². The summed E-state index contributed by atoms with van der Waals surface area (Å²) in [7, 11) is 4.05. The van der Waals surface area contributed by atoms with Gasteiger partial charge in [-0.3, -0.25) is 0 Å². The largest absolute Gasteiger partial charge is 0.490 e. The molecule has 204 valence electrons. The van der Waals surface area contributed by atoms with Gasteiger partial charge in [0.25, 0.3) is 0 Å². The zero-order chi connectivity index (χ0) is 26.3. The van der Waals surface area contributed by atoms with E-state index in [9.17, 15) is 5.11 Å². The summed E-state index contributed by atoms with van der Waals surface area (Å²) in [5.74, 6) is 3.88. The first-order valence-corrected chi connectivity index (χ1v) is 14.1. The van der Waals surface area contributed by atoms with Gasteiger partial charge < -0.3 is 30.1 Å². The van der Waals surface area contributed by atoms with Crippen LogP contribution in [0.5, 0.6) is 11.5 Å². The van der Waals surface area contributed by atoms with Gasteiger partial charge in [0, 0.05) is 31.9 Å². The summed E-state index contributed by atoms with van der Waals surface area (Å²) in [6.45, 7) is 3.28. The van der Waals surface area contributed by atoms with Gasteiger partial charge in [0.2, 0.25) is 5.95 Å². The summed E-state index contributed by atoms with van der Waals surface area (Å²) in [6.07, 6.45) is 6.69. The number of aliphatic hydroxyl groups excluding tert-OH is 1. The molecule has 1 fully saturated rings. The van der Waals surface area contributed by atoms with Gasteiger partial charge in [-0.2, -0.15) is 4.98 Å². The summed E-state index contributed by atoms with van der Waals surface area (Å²) < 4.78 is 11.5. The highest BCUT2D eigenvalue weighted by Gasteiger charge is 2.22. The lowest BCUT2D eigenvalue weighted by Gasteiger charge is -2.29. The molecule has 0 amide bonds. The van der Waals surface area contributed by atoms with Crippen LogP contribution in [0.25, 0.3) is 10.9 Å². The Hall–Kier alpha value is -3.10. The van der Waals surface area contributed by atoms with Crippen molar-refractivity contribution in [1.29, 1.82) is 0 Å². The minimum Gasteiger partial charge on any atom is -0.490 e. The molecule has 1 atom stereocenters. The molecule has 1 saturated carbocycles. The third-order valence-electron chi connectivity index (χ3n) is 7.61. The Morgan fingerprint density at radius 1 is 1.00 bits per heavy atom. The van der Waals surface area contributed by atoms with Crippen molar-refractivity contribution in [2.45, 2.75) is 57.1 Å². The highest BCUT2D eigenvalue weighted by atomic mass is 16.5. The number of anilines is 2. The number of nitrogens with zero attached hydrogens (tertiary/aromatic N) is 3. The van der Waals surface area contributed by atoms with Crippen LogP contribution in [0, 0.1) is 5.92 Å². The number of hydrogen-bond acceptors (Lipinski definition) is 8. The molecule has 3 aromatic rings. The molecular formula is C30H41N5O3. The van der Waals surface area contributed by atoms with E-state index in [0.717, 1.165) is 84.9 Å². The van der Waals surface area contributed by atoms with E-state index in [1.807, 2.05) is 55.4 Å². The van der Waals surface area contributed by atoms with Gasteiger partial charge in [0.1, 0.15) is 5.82 Å². The predicted octanol–water partition coefficient (Wildman–Crippen LogP) is 4.93. The van der Waals surface area contributed by atoms with Gasteiger partial charge in [-0.1, -0.05) is 18.2 Å². The number of rotatable bonds is 10. The zero-order valence-electron chi connectivity index (χ0n) is 22.7. The first-order chi connectivity index (χ1) is 18.6. The van der Waals surface area contributed by atoms with Crippen molar-refractivity contribution in [3.05, 3.63) is 48.0 Å². The van der Waals surface area contributed by atoms with E-state index in [1.54, 1.807) is 0 Å². The number of fused-ring (bicyclic) bond motifs is 2. The molecule has 1 aromatic heterocycles. The van der Waals surface area contributed by atoms with Crippen LogP contribution in [0.15, 0.2) is 42.5 Å². The summed E-state index contributed by atoms with van der Waals surface area (Å²) in [5.41, 5.74) is 1.87. The summed E-state index contributed by atoms with van der Waals surface area (Å²) >= 11 is 0. The van der Waals surface area contributed by atoms with Crippen molar-refractivity contribution in [2.24, 2.45) is 5.92 Å². The maximum absolute atomic E-state index is 10.7. The molecule has 2 aliphatic rings. The van der Waals surface area contributed by atoms with E-state index >= 15 is 0 Å². The second kappa shape index (κ2) is 12.6. The fourth-order valence-corrected chi connectivity index (χ4v) is 5.44. The minimum atomic E-state index is -0.485. The average Bonchev–Trinajstić information content (AvgIpc) is 3.18. The number of para-hydroxylation sites is 1. The smallest absolute Gasteiger partial charge is 0.225 e. The first kappa shape index (κ1) is 26.5. The summed E-state index contributed by atoms with van der Waals surface area (Å²) in [5, 5.41) is 18.9. The highest BCUT2D eigenvalue weighted by Crippen LogP contribution is 2.33. The van der Waals surface area contributed by atoms with Crippen LogP contribution < -0.4 is 25.0 Å². The quantitative estimate of drug-likeness (QED) is 0.325. The molecule has 38 heavy (non-hydrogen) atoms. The molecule has 8 heteroatoms. The Bertz CT molecular complexity index is 1200. The third-order valence-corrected chi connectivity index (χ3v) is 7.61. The molecule has 0 bridgehead atoms. The van der Waals surface area contributed by atoms with Crippen molar-refractivity contribution < 1.29 is 14.6 Å². The maximum Gasteiger partial charge on any atom is 0.225 e. The van der Waals surface area contributed by atoms with Crippen LogP contribution in [0.2, 0.25) is 0 Å². The second-order valence-corrected chi connectivity index (χ2v) is 10.8. The average molecular weight is 520 g/mol. The SMILES string of the molecule is CN(C)c1nc(N[C@H]2CC[C@@H](CNCCCC(O)c3ccc4c(c3)OCCCO4)CC2)nc2ccccc12.